The molecular formula is C14H15ClN2O2S. The van der Waals surface area contributed by atoms with Crippen LogP contribution in [0.5, 0.6) is 0 Å². The summed E-state index contributed by atoms with van der Waals surface area (Å²) < 4.78 is 0. The van der Waals surface area contributed by atoms with Crippen LogP contribution in [0, 0.1) is 6.92 Å². The number of aliphatic hydroxyl groups is 1. The first-order chi connectivity index (χ1) is 9.60. The third-order valence-corrected chi connectivity index (χ3v) is 4.01. The zero-order valence-corrected chi connectivity index (χ0v) is 12.6. The van der Waals surface area contributed by atoms with Crippen LogP contribution in [0.15, 0.2) is 34.2 Å². The second-order valence-electron chi connectivity index (χ2n) is 4.33. The smallest absolute Gasteiger partial charge is 0.255 e. The highest BCUT2D eigenvalue weighted by atomic mass is 35.5. The van der Waals surface area contributed by atoms with Crippen LogP contribution in [-0.4, -0.2) is 21.7 Å². The van der Waals surface area contributed by atoms with Crippen molar-refractivity contribution in [3.63, 3.8) is 0 Å². The Morgan fingerprint density at radius 2 is 2.25 bits per heavy atom. The molecule has 0 radical (unpaired) electrons. The van der Waals surface area contributed by atoms with Crippen LogP contribution in [0.3, 0.4) is 0 Å². The zero-order chi connectivity index (χ0) is 14.5. The molecule has 106 valence electrons. The van der Waals surface area contributed by atoms with E-state index in [0.29, 0.717) is 33.6 Å². The van der Waals surface area contributed by atoms with Crippen molar-refractivity contribution in [2.45, 2.75) is 24.3 Å². The first kappa shape index (κ1) is 15.1. The topological polar surface area (TPSA) is 66.0 Å². The minimum atomic E-state index is -0.180. The second-order valence-corrected chi connectivity index (χ2v) is 5.73. The Morgan fingerprint density at radius 3 is 2.90 bits per heavy atom. The maximum absolute atomic E-state index is 11.9. The van der Waals surface area contributed by atoms with Gasteiger partial charge in [-0.15, -0.1) is 0 Å². The molecule has 20 heavy (non-hydrogen) atoms. The summed E-state index contributed by atoms with van der Waals surface area (Å²) in [4.78, 5) is 19.0. The van der Waals surface area contributed by atoms with Crippen molar-refractivity contribution in [3.8, 4) is 0 Å². The van der Waals surface area contributed by atoms with Gasteiger partial charge in [0.15, 0.2) is 5.16 Å². The maximum Gasteiger partial charge on any atom is 0.255 e. The van der Waals surface area contributed by atoms with Crippen molar-refractivity contribution >= 4 is 23.4 Å². The van der Waals surface area contributed by atoms with Crippen LogP contribution >= 0.6 is 23.4 Å². The first-order valence-corrected chi connectivity index (χ1v) is 7.54. The van der Waals surface area contributed by atoms with Gasteiger partial charge in [-0.3, -0.25) is 4.79 Å². The molecule has 0 atom stereocenters. The lowest BCUT2D eigenvalue weighted by Gasteiger charge is -2.06. The minimum absolute atomic E-state index is 0.0550. The molecule has 0 aliphatic heterocycles. The average Bonchev–Trinajstić information content (AvgIpc) is 2.41. The third-order valence-electron chi connectivity index (χ3n) is 2.83. The van der Waals surface area contributed by atoms with Crippen molar-refractivity contribution < 1.29 is 5.11 Å². The number of hydrogen-bond acceptors (Lipinski definition) is 4. The first-order valence-electron chi connectivity index (χ1n) is 6.18. The highest BCUT2D eigenvalue weighted by Gasteiger charge is 2.08. The molecule has 0 spiro atoms. The Kier molecular flexibility index (Phi) is 5.23. The van der Waals surface area contributed by atoms with Crippen molar-refractivity contribution in [2.24, 2.45) is 0 Å². The number of aromatic amines is 1. The van der Waals surface area contributed by atoms with Gasteiger partial charge < -0.3 is 10.1 Å². The third kappa shape index (κ3) is 3.85. The minimum Gasteiger partial charge on any atom is -0.396 e. The van der Waals surface area contributed by atoms with E-state index in [9.17, 15) is 4.79 Å². The number of halogens is 1. The summed E-state index contributed by atoms with van der Waals surface area (Å²) in [5.41, 5.74) is 2.10. The van der Waals surface area contributed by atoms with Gasteiger partial charge in [-0.1, -0.05) is 35.5 Å². The molecule has 4 nitrogen and oxygen atoms in total. The van der Waals surface area contributed by atoms with Gasteiger partial charge in [-0.2, -0.15) is 0 Å². The fourth-order valence-electron chi connectivity index (χ4n) is 1.84. The molecule has 0 saturated heterocycles. The summed E-state index contributed by atoms with van der Waals surface area (Å²) in [6.45, 7) is 1.73. The Bertz CT molecular complexity index is 658. The Balaban J connectivity index is 2.13. The number of thioether (sulfide) groups is 1. The number of aromatic nitrogens is 2. The van der Waals surface area contributed by atoms with Gasteiger partial charge in [-0.05, 0) is 24.6 Å². The molecule has 2 N–H and O–H groups in total. The molecule has 0 aliphatic rings. The number of nitrogens with zero attached hydrogens (tertiary/aromatic N) is 1. The molecule has 0 bridgehead atoms. The van der Waals surface area contributed by atoms with Gasteiger partial charge in [0.2, 0.25) is 0 Å². The second kappa shape index (κ2) is 6.92. The van der Waals surface area contributed by atoms with E-state index in [1.807, 2.05) is 24.3 Å². The van der Waals surface area contributed by atoms with Crippen molar-refractivity contribution in [3.05, 3.63) is 56.5 Å². The van der Waals surface area contributed by atoms with Gasteiger partial charge >= 0.3 is 0 Å². The van der Waals surface area contributed by atoms with Crippen LogP contribution in [0.2, 0.25) is 5.02 Å². The van der Waals surface area contributed by atoms with Crippen molar-refractivity contribution in [1.29, 1.82) is 0 Å². The lowest BCUT2D eigenvalue weighted by atomic mass is 10.2. The monoisotopic (exact) mass is 310 g/mol. The van der Waals surface area contributed by atoms with Gasteiger partial charge in [0.1, 0.15) is 0 Å². The van der Waals surface area contributed by atoms with E-state index < -0.39 is 0 Å². The molecular weight excluding hydrogens is 296 g/mol. The average molecular weight is 311 g/mol. The normalized spacial score (nSPS) is 10.8. The molecule has 6 heteroatoms. The highest BCUT2D eigenvalue weighted by molar-refractivity contribution is 7.98. The van der Waals surface area contributed by atoms with Gasteiger partial charge in [0.05, 0.1) is 0 Å². The molecule has 0 aliphatic carbocycles. The summed E-state index contributed by atoms with van der Waals surface area (Å²) in [5.74, 6) is 0.683. The number of aryl methyl sites for hydroxylation is 1. The Hall–Kier alpha value is -1.30. The highest BCUT2D eigenvalue weighted by Crippen LogP contribution is 2.21. The molecule has 0 amide bonds. The van der Waals surface area contributed by atoms with E-state index in [-0.39, 0.29) is 12.2 Å². The molecule has 2 rings (SSSR count). The summed E-state index contributed by atoms with van der Waals surface area (Å²) in [5, 5.41) is 10.2. The van der Waals surface area contributed by atoms with Crippen LogP contribution in [0.4, 0.5) is 0 Å². The van der Waals surface area contributed by atoms with E-state index in [1.54, 1.807) is 6.92 Å². The molecule has 0 saturated carbocycles. The van der Waals surface area contributed by atoms with Crippen LogP contribution < -0.4 is 5.56 Å². The predicted molar refractivity (Wildman–Crippen MR) is 81.4 cm³/mol. The zero-order valence-electron chi connectivity index (χ0n) is 11.0. The molecule has 0 unspecified atom stereocenters. The predicted octanol–water partition coefficient (Wildman–Crippen LogP) is 2.56. The van der Waals surface area contributed by atoms with Crippen molar-refractivity contribution in [1.82, 2.24) is 9.97 Å². The standard InChI is InChI=1S/C14H15ClN2O2S/c1-9-12(5-6-18)13(19)17-14(16-9)20-8-10-3-2-4-11(15)7-10/h2-4,7,18H,5-6,8H2,1H3,(H,16,17,19). The molecule has 2 aromatic rings. The molecule has 1 heterocycles. The quantitative estimate of drug-likeness (QED) is 0.658. The van der Waals surface area contributed by atoms with E-state index in [0.717, 1.165) is 5.56 Å². The summed E-state index contributed by atoms with van der Waals surface area (Å²) >= 11 is 7.38. The van der Waals surface area contributed by atoms with E-state index in [4.69, 9.17) is 16.7 Å². The fraction of sp³-hybridized carbons (Fsp3) is 0.286. The van der Waals surface area contributed by atoms with Crippen LogP contribution in [-0.2, 0) is 12.2 Å². The molecule has 0 fully saturated rings. The molecule has 1 aromatic carbocycles. The van der Waals surface area contributed by atoms with E-state index in [1.165, 1.54) is 11.8 Å². The molecule has 1 aromatic heterocycles. The van der Waals surface area contributed by atoms with Gasteiger partial charge in [0, 0.05) is 35.1 Å². The number of rotatable bonds is 5. The van der Waals surface area contributed by atoms with Crippen molar-refractivity contribution in [2.75, 3.05) is 6.61 Å². The van der Waals surface area contributed by atoms with E-state index >= 15 is 0 Å². The van der Waals surface area contributed by atoms with Crippen LogP contribution in [0.1, 0.15) is 16.8 Å². The van der Waals surface area contributed by atoms with Crippen LogP contribution in [0.25, 0.3) is 0 Å². The SMILES string of the molecule is Cc1nc(SCc2cccc(Cl)c2)[nH]c(=O)c1CCO. The summed E-state index contributed by atoms with van der Waals surface area (Å²) in [7, 11) is 0. The lowest BCUT2D eigenvalue weighted by molar-refractivity contribution is 0.298. The lowest BCUT2D eigenvalue weighted by Crippen LogP contribution is -2.18. The Morgan fingerprint density at radius 1 is 1.45 bits per heavy atom. The number of H-pyrrole nitrogens is 1. The van der Waals surface area contributed by atoms with Gasteiger partial charge in [0.25, 0.3) is 5.56 Å². The Labute approximate surface area is 126 Å². The summed E-state index contributed by atoms with van der Waals surface area (Å²) in [6.07, 6.45) is 0.327. The van der Waals surface area contributed by atoms with E-state index in [2.05, 4.69) is 9.97 Å². The number of benzene rings is 1. The number of nitrogens with one attached hydrogen (secondary N) is 1. The largest absolute Gasteiger partial charge is 0.396 e. The maximum atomic E-state index is 11.9. The fourth-order valence-corrected chi connectivity index (χ4v) is 2.90. The number of aliphatic hydroxyl groups excluding tert-OH is 1. The van der Waals surface area contributed by atoms with Gasteiger partial charge in [-0.25, -0.2) is 4.98 Å². The summed E-state index contributed by atoms with van der Waals surface area (Å²) in [6, 6.07) is 7.58. The number of hydrogen-bond donors (Lipinski definition) is 2.